The molecule has 1 aromatic heterocycles. The highest BCUT2D eigenvalue weighted by molar-refractivity contribution is 6.31. The minimum atomic E-state index is -1.14. The Balaban J connectivity index is 2.22. The number of hydrogen-bond donors (Lipinski definition) is 2. The van der Waals surface area contributed by atoms with Gasteiger partial charge in [0.15, 0.2) is 0 Å². The van der Waals surface area contributed by atoms with Crippen LogP contribution in [0.15, 0.2) is 24.3 Å². The standard InChI is InChI=1S/C20H21ClN2O4/c1-11-16(19(25)23-8-6-15(24)7-9-23)18(13-4-3-5-14(21)10-13)17(20(26)27)12(2)22-11/h3-5,10,15,24H,6-9H2,1-2H3,(H,26,27). The Hall–Kier alpha value is -2.44. The summed E-state index contributed by atoms with van der Waals surface area (Å²) in [7, 11) is 0. The van der Waals surface area contributed by atoms with Gasteiger partial charge < -0.3 is 15.1 Å². The van der Waals surface area contributed by atoms with E-state index >= 15 is 0 Å². The highest BCUT2D eigenvalue weighted by Gasteiger charge is 2.30. The van der Waals surface area contributed by atoms with Crippen LogP contribution in [0, 0.1) is 13.8 Å². The topological polar surface area (TPSA) is 90.7 Å². The Morgan fingerprint density at radius 1 is 1.15 bits per heavy atom. The van der Waals surface area contributed by atoms with Crippen molar-refractivity contribution in [3.63, 3.8) is 0 Å². The Morgan fingerprint density at radius 2 is 1.78 bits per heavy atom. The van der Waals surface area contributed by atoms with Gasteiger partial charge in [-0.1, -0.05) is 23.7 Å². The number of nitrogens with zero attached hydrogens (tertiary/aromatic N) is 2. The van der Waals surface area contributed by atoms with Gasteiger partial charge >= 0.3 is 5.97 Å². The van der Waals surface area contributed by atoms with Crippen molar-refractivity contribution in [3.8, 4) is 11.1 Å². The number of piperidine rings is 1. The number of carboxylic acid groups (broad SMARTS) is 1. The normalized spacial score (nSPS) is 15.0. The fourth-order valence-corrected chi connectivity index (χ4v) is 3.72. The molecule has 0 aliphatic carbocycles. The molecule has 0 radical (unpaired) electrons. The van der Waals surface area contributed by atoms with Crippen LogP contribution in [0.3, 0.4) is 0 Å². The number of carbonyl (C=O) groups excluding carboxylic acids is 1. The lowest BCUT2D eigenvalue weighted by Crippen LogP contribution is -2.40. The maximum atomic E-state index is 13.3. The number of aromatic nitrogens is 1. The Kier molecular flexibility index (Phi) is 5.48. The zero-order chi connectivity index (χ0) is 19.7. The van der Waals surface area contributed by atoms with Gasteiger partial charge in [0.2, 0.25) is 0 Å². The number of carbonyl (C=O) groups is 2. The van der Waals surface area contributed by atoms with E-state index in [1.165, 1.54) is 0 Å². The van der Waals surface area contributed by atoms with E-state index in [0.717, 1.165) is 0 Å². The van der Waals surface area contributed by atoms with Crippen LogP contribution in [0.5, 0.6) is 0 Å². The van der Waals surface area contributed by atoms with Gasteiger partial charge in [0, 0.05) is 23.7 Å². The average Bonchev–Trinajstić information content (AvgIpc) is 2.60. The van der Waals surface area contributed by atoms with E-state index in [2.05, 4.69) is 4.98 Å². The van der Waals surface area contributed by atoms with Crippen LogP contribution in [0.4, 0.5) is 0 Å². The second-order valence-electron chi connectivity index (χ2n) is 6.75. The number of aryl methyl sites for hydroxylation is 2. The van der Waals surface area contributed by atoms with Gasteiger partial charge in [0.1, 0.15) is 0 Å². The summed E-state index contributed by atoms with van der Waals surface area (Å²) in [6.45, 7) is 4.17. The largest absolute Gasteiger partial charge is 0.478 e. The molecule has 1 saturated heterocycles. The fraction of sp³-hybridized carbons (Fsp3) is 0.350. The minimum Gasteiger partial charge on any atom is -0.478 e. The number of carboxylic acids is 1. The molecule has 1 aliphatic rings. The lowest BCUT2D eigenvalue weighted by atomic mass is 9.91. The number of halogens is 1. The van der Waals surface area contributed by atoms with Crippen LogP contribution in [-0.2, 0) is 0 Å². The molecular weight excluding hydrogens is 368 g/mol. The van der Waals surface area contributed by atoms with Crippen LogP contribution in [0.1, 0.15) is 44.9 Å². The molecule has 2 N–H and O–H groups in total. The number of likely N-dealkylation sites (tertiary alicyclic amines) is 1. The van der Waals surface area contributed by atoms with Crippen LogP contribution < -0.4 is 0 Å². The Morgan fingerprint density at radius 3 is 2.37 bits per heavy atom. The zero-order valence-electron chi connectivity index (χ0n) is 15.2. The molecule has 6 nitrogen and oxygen atoms in total. The van der Waals surface area contributed by atoms with E-state index in [1.807, 2.05) is 0 Å². The maximum absolute atomic E-state index is 13.3. The van der Waals surface area contributed by atoms with E-state index in [-0.39, 0.29) is 17.0 Å². The van der Waals surface area contributed by atoms with Crippen LogP contribution in [-0.4, -0.2) is 51.2 Å². The quantitative estimate of drug-likeness (QED) is 0.841. The van der Waals surface area contributed by atoms with Crippen LogP contribution in [0.25, 0.3) is 11.1 Å². The summed E-state index contributed by atoms with van der Waals surface area (Å²) >= 11 is 6.12. The number of amides is 1. The summed E-state index contributed by atoms with van der Waals surface area (Å²) in [5.41, 5.74) is 2.00. The minimum absolute atomic E-state index is 0.00302. The summed E-state index contributed by atoms with van der Waals surface area (Å²) in [4.78, 5) is 31.2. The lowest BCUT2D eigenvalue weighted by Gasteiger charge is -2.31. The summed E-state index contributed by atoms with van der Waals surface area (Å²) in [6.07, 6.45) is 0.596. The molecule has 0 bridgehead atoms. The molecule has 2 heterocycles. The predicted octanol–water partition coefficient (Wildman–Crippen LogP) is 3.31. The number of aliphatic hydroxyl groups is 1. The van der Waals surface area contributed by atoms with Gasteiger partial charge in [0.05, 0.1) is 28.6 Å². The van der Waals surface area contributed by atoms with Crippen molar-refractivity contribution in [2.45, 2.75) is 32.8 Å². The van der Waals surface area contributed by atoms with Crippen LogP contribution in [0.2, 0.25) is 5.02 Å². The monoisotopic (exact) mass is 388 g/mol. The number of aliphatic hydroxyl groups excluding tert-OH is 1. The zero-order valence-corrected chi connectivity index (χ0v) is 16.0. The first-order valence-electron chi connectivity index (χ1n) is 8.77. The predicted molar refractivity (Wildman–Crippen MR) is 102 cm³/mol. The third-order valence-electron chi connectivity index (χ3n) is 4.85. The first-order chi connectivity index (χ1) is 12.8. The van der Waals surface area contributed by atoms with Gasteiger partial charge in [-0.2, -0.15) is 0 Å². The van der Waals surface area contributed by atoms with Crippen molar-refractivity contribution in [2.75, 3.05) is 13.1 Å². The highest BCUT2D eigenvalue weighted by atomic mass is 35.5. The smallest absolute Gasteiger partial charge is 0.338 e. The maximum Gasteiger partial charge on any atom is 0.338 e. The SMILES string of the molecule is Cc1nc(C)c(C(=O)N2CCC(O)CC2)c(-c2cccc(Cl)c2)c1C(=O)O. The molecule has 0 spiro atoms. The van der Waals surface area contributed by atoms with Crippen molar-refractivity contribution in [1.29, 1.82) is 0 Å². The van der Waals surface area contributed by atoms with E-state index in [4.69, 9.17) is 11.6 Å². The van der Waals surface area contributed by atoms with E-state index in [1.54, 1.807) is 43.0 Å². The van der Waals surface area contributed by atoms with Crippen LogP contribution >= 0.6 is 11.6 Å². The number of hydrogen-bond acceptors (Lipinski definition) is 4. The molecule has 0 atom stereocenters. The molecule has 1 fully saturated rings. The number of pyridine rings is 1. The molecule has 0 unspecified atom stereocenters. The molecule has 142 valence electrons. The first kappa shape index (κ1) is 19.3. The molecule has 7 heteroatoms. The second kappa shape index (κ2) is 7.66. The first-order valence-corrected chi connectivity index (χ1v) is 9.15. The summed E-state index contributed by atoms with van der Waals surface area (Å²) in [5, 5.41) is 20.0. The van der Waals surface area contributed by atoms with Crippen molar-refractivity contribution < 1.29 is 19.8 Å². The Bertz CT molecular complexity index is 905. The number of aromatic carboxylic acids is 1. The highest BCUT2D eigenvalue weighted by Crippen LogP contribution is 2.34. The number of rotatable bonds is 3. The number of benzene rings is 1. The third-order valence-corrected chi connectivity index (χ3v) is 5.09. The van der Waals surface area contributed by atoms with Crippen molar-refractivity contribution in [1.82, 2.24) is 9.88 Å². The van der Waals surface area contributed by atoms with Crippen molar-refractivity contribution in [2.24, 2.45) is 0 Å². The Labute approximate surface area is 162 Å². The fourth-order valence-electron chi connectivity index (χ4n) is 3.53. The summed E-state index contributed by atoms with van der Waals surface area (Å²) < 4.78 is 0. The van der Waals surface area contributed by atoms with Crippen molar-refractivity contribution in [3.05, 3.63) is 51.8 Å². The second-order valence-corrected chi connectivity index (χ2v) is 7.18. The van der Waals surface area contributed by atoms with E-state index in [9.17, 15) is 19.8 Å². The molecule has 1 aromatic carbocycles. The summed E-state index contributed by atoms with van der Waals surface area (Å²) in [5.74, 6) is -1.41. The van der Waals surface area contributed by atoms with Crippen molar-refractivity contribution >= 4 is 23.5 Å². The molecular formula is C20H21ClN2O4. The molecule has 3 rings (SSSR count). The third kappa shape index (κ3) is 3.82. The van der Waals surface area contributed by atoms with Gasteiger partial charge in [-0.25, -0.2) is 4.79 Å². The molecule has 2 aromatic rings. The molecule has 0 saturated carbocycles. The molecule has 1 amide bonds. The molecule has 1 aliphatic heterocycles. The molecule has 27 heavy (non-hydrogen) atoms. The van der Waals surface area contributed by atoms with E-state index in [0.29, 0.717) is 53.5 Å². The summed E-state index contributed by atoms with van der Waals surface area (Å²) in [6, 6.07) is 6.81. The average molecular weight is 389 g/mol. The van der Waals surface area contributed by atoms with E-state index < -0.39 is 12.1 Å². The van der Waals surface area contributed by atoms with Gasteiger partial charge in [0.25, 0.3) is 5.91 Å². The lowest BCUT2D eigenvalue weighted by molar-refractivity contribution is 0.0546. The van der Waals surface area contributed by atoms with Gasteiger partial charge in [-0.3, -0.25) is 9.78 Å². The van der Waals surface area contributed by atoms with Gasteiger partial charge in [-0.05, 0) is 44.4 Å². The van der Waals surface area contributed by atoms with Gasteiger partial charge in [-0.15, -0.1) is 0 Å².